The average molecular weight is 391 g/mol. The first-order valence-electron chi connectivity index (χ1n) is 8.18. The van der Waals surface area contributed by atoms with Crippen LogP contribution in [0.4, 0.5) is 13.2 Å². The van der Waals surface area contributed by atoms with Crippen molar-refractivity contribution in [1.29, 1.82) is 0 Å². The van der Waals surface area contributed by atoms with E-state index in [0.29, 0.717) is 0 Å². The second kappa shape index (κ2) is 7.03. The zero-order valence-corrected chi connectivity index (χ0v) is 15.2. The summed E-state index contributed by atoms with van der Waals surface area (Å²) in [4.78, 5) is 27.0. The molecule has 0 atom stereocenters. The third-order valence-corrected chi connectivity index (χ3v) is 4.50. The van der Waals surface area contributed by atoms with Gasteiger partial charge in [0.05, 0.1) is 30.5 Å². The molecule has 8 heteroatoms. The van der Waals surface area contributed by atoms with Gasteiger partial charge in [-0.05, 0) is 29.8 Å². The molecule has 3 rings (SSSR count). The van der Waals surface area contributed by atoms with Gasteiger partial charge < -0.3 is 14.5 Å². The number of ether oxygens (including phenoxy) is 2. The van der Waals surface area contributed by atoms with Gasteiger partial charge in [0.15, 0.2) is 5.57 Å². The molecule has 0 aliphatic heterocycles. The third kappa shape index (κ3) is 3.21. The molecule has 1 heterocycles. The van der Waals surface area contributed by atoms with E-state index < -0.39 is 29.3 Å². The highest BCUT2D eigenvalue weighted by Crippen LogP contribution is 2.26. The standard InChI is InChI=1S/C20H16F3NO4/c1-10(20(21,22)23)16-13-8-11-6-4-5-7-12(11)9-14(13)17(24-16)15(18(25)27-2)19(26)28-3/h4-9,24H,1-3H3/b16-10-. The number of fused-ring (bicyclic) bond motifs is 2. The van der Waals surface area contributed by atoms with E-state index in [0.717, 1.165) is 31.9 Å². The SMILES string of the molecule is COC(=O)C(C(=O)OC)=c1[nH]/c(=C(/C)C(F)(F)F)c2cc3ccccc3cc12. The molecular formula is C20H16F3NO4. The van der Waals surface area contributed by atoms with Crippen molar-refractivity contribution in [2.75, 3.05) is 14.2 Å². The third-order valence-electron chi connectivity index (χ3n) is 4.50. The van der Waals surface area contributed by atoms with Crippen molar-refractivity contribution in [2.45, 2.75) is 13.1 Å². The van der Waals surface area contributed by atoms with Crippen LogP contribution in [-0.4, -0.2) is 37.3 Å². The molecule has 1 N–H and O–H groups in total. The Balaban J connectivity index is 2.65. The van der Waals surface area contributed by atoms with Crippen LogP contribution in [0.2, 0.25) is 0 Å². The highest BCUT2D eigenvalue weighted by atomic mass is 19.4. The molecule has 0 saturated carbocycles. The minimum atomic E-state index is -4.60. The summed E-state index contributed by atoms with van der Waals surface area (Å²) in [6.07, 6.45) is -4.60. The number of hydrogen-bond donors (Lipinski definition) is 1. The molecule has 3 aromatic rings. The largest absolute Gasteiger partial charge is 0.465 e. The molecule has 1 aromatic heterocycles. The fourth-order valence-corrected chi connectivity index (χ4v) is 3.04. The number of carbonyl (C=O) groups excluding carboxylic acids is 2. The monoisotopic (exact) mass is 391 g/mol. The molecule has 0 aliphatic rings. The second-order valence-electron chi connectivity index (χ2n) is 6.10. The Bertz CT molecular complexity index is 1200. The predicted molar refractivity (Wildman–Crippen MR) is 97.6 cm³/mol. The topological polar surface area (TPSA) is 68.4 Å². The number of benzene rings is 2. The summed E-state index contributed by atoms with van der Waals surface area (Å²) >= 11 is 0. The zero-order chi connectivity index (χ0) is 20.6. The maximum absolute atomic E-state index is 13.4. The van der Waals surface area contributed by atoms with Gasteiger partial charge in [0.2, 0.25) is 0 Å². The van der Waals surface area contributed by atoms with Crippen molar-refractivity contribution < 1.29 is 32.2 Å². The number of halogens is 3. The number of aromatic amines is 1. The number of esters is 2. The van der Waals surface area contributed by atoms with Crippen molar-refractivity contribution in [3.8, 4) is 0 Å². The lowest BCUT2D eigenvalue weighted by Gasteiger charge is -2.05. The van der Waals surface area contributed by atoms with Crippen LogP contribution in [0.25, 0.3) is 32.7 Å². The Morgan fingerprint density at radius 2 is 1.36 bits per heavy atom. The molecular weight excluding hydrogens is 375 g/mol. The van der Waals surface area contributed by atoms with Crippen LogP contribution in [0.1, 0.15) is 6.92 Å². The van der Waals surface area contributed by atoms with E-state index in [1.165, 1.54) is 0 Å². The molecule has 5 nitrogen and oxygen atoms in total. The summed E-state index contributed by atoms with van der Waals surface area (Å²) in [6, 6.07) is 10.3. The lowest BCUT2D eigenvalue weighted by Crippen LogP contribution is -2.27. The van der Waals surface area contributed by atoms with E-state index in [2.05, 4.69) is 14.5 Å². The Kier molecular flexibility index (Phi) is 4.89. The number of methoxy groups -OCH3 is 2. The molecule has 0 amide bonds. The lowest BCUT2D eigenvalue weighted by atomic mass is 10.0. The minimum absolute atomic E-state index is 0.0851. The van der Waals surface area contributed by atoms with Crippen molar-refractivity contribution >= 4 is 44.6 Å². The maximum atomic E-state index is 13.4. The number of carbonyl (C=O) groups is 2. The van der Waals surface area contributed by atoms with Gasteiger partial charge in [0.1, 0.15) is 0 Å². The molecule has 28 heavy (non-hydrogen) atoms. The van der Waals surface area contributed by atoms with E-state index in [4.69, 9.17) is 0 Å². The average Bonchev–Trinajstić information content (AvgIpc) is 3.02. The highest BCUT2D eigenvalue weighted by Gasteiger charge is 2.32. The first-order chi connectivity index (χ1) is 13.2. The number of aromatic nitrogens is 1. The van der Waals surface area contributed by atoms with Crippen molar-refractivity contribution in [3.05, 3.63) is 47.1 Å². The van der Waals surface area contributed by atoms with Crippen LogP contribution in [0, 0.1) is 0 Å². The Morgan fingerprint density at radius 3 is 1.79 bits per heavy atom. The van der Waals surface area contributed by atoms with Gasteiger partial charge in [-0.1, -0.05) is 24.3 Å². The molecule has 0 spiro atoms. The normalized spacial score (nSPS) is 12.8. The van der Waals surface area contributed by atoms with Crippen molar-refractivity contribution in [1.82, 2.24) is 4.98 Å². The van der Waals surface area contributed by atoms with Gasteiger partial charge >= 0.3 is 18.1 Å². The predicted octanol–water partition coefficient (Wildman–Crippen LogP) is 2.55. The summed E-state index contributed by atoms with van der Waals surface area (Å²) in [6.45, 7) is 0.931. The van der Waals surface area contributed by atoms with Crippen LogP contribution in [-0.2, 0) is 19.1 Å². The minimum Gasteiger partial charge on any atom is -0.465 e. The molecule has 0 saturated heterocycles. The van der Waals surface area contributed by atoms with E-state index in [9.17, 15) is 22.8 Å². The van der Waals surface area contributed by atoms with Gasteiger partial charge in [-0.15, -0.1) is 0 Å². The number of nitrogens with one attached hydrogen (secondary N) is 1. The number of rotatable bonds is 2. The fourth-order valence-electron chi connectivity index (χ4n) is 3.04. The number of hydrogen-bond acceptors (Lipinski definition) is 4. The van der Waals surface area contributed by atoms with E-state index in [-0.39, 0.29) is 21.5 Å². The summed E-state index contributed by atoms with van der Waals surface area (Å²) in [5.41, 5.74) is -1.39. The smallest absolute Gasteiger partial charge is 0.414 e. The maximum Gasteiger partial charge on any atom is 0.414 e. The van der Waals surface area contributed by atoms with Gasteiger partial charge in [0, 0.05) is 10.8 Å². The Labute approximate surface area is 157 Å². The molecule has 146 valence electrons. The molecule has 0 aliphatic carbocycles. The van der Waals surface area contributed by atoms with E-state index >= 15 is 0 Å². The Morgan fingerprint density at radius 1 is 0.893 bits per heavy atom. The quantitative estimate of drug-likeness (QED) is 0.539. The van der Waals surface area contributed by atoms with Crippen LogP contribution < -0.4 is 10.7 Å². The van der Waals surface area contributed by atoms with Crippen LogP contribution in [0.15, 0.2) is 36.4 Å². The van der Waals surface area contributed by atoms with Gasteiger partial charge in [-0.2, -0.15) is 13.2 Å². The van der Waals surface area contributed by atoms with Gasteiger partial charge in [-0.25, -0.2) is 9.59 Å². The lowest BCUT2D eigenvalue weighted by molar-refractivity contribution is -0.140. The van der Waals surface area contributed by atoms with Crippen LogP contribution in [0.3, 0.4) is 0 Å². The number of H-pyrrole nitrogens is 1. The molecule has 0 unspecified atom stereocenters. The second-order valence-corrected chi connectivity index (χ2v) is 6.10. The molecule has 0 radical (unpaired) electrons. The molecule has 0 bridgehead atoms. The molecule has 2 aromatic carbocycles. The highest BCUT2D eigenvalue weighted by molar-refractivity contribution is 6.37. The van der Waals surface area contributed by atoms with Crippen molar-refractivity contribution in [3.63, 3.8) is 0 Å². The molecule has 0 fully saturated rings. The van der Waals surface area contributed by atoms with Crippen LogP contribution >= 0.6 is 0 Å². The summed E-state index contributed by atoms with van der Waals surface area (Å²) in [5, 5.41) is 1.65. The number of alkyl halides is 3. The summed E-state index contributed by atoms with van der Waals surface area (Å²) in [5.74, 6) is -2.03. The summed E-state index contributed by atoms with van der Waals surface area (Å²) in [7, 11) is 2.14. The van der Waals surface area contributed by atoms with Gasteiger partial charge in [-0.3, -0.25) is 0 Å². The van der Waals surface area contributed by atoms with Gasteiger partial charge in [0.25, 0.3) is 0 Å². The Hall–Kier alpha value is -3.29. The van der Waals surface area contributed by atoms with Crippen LogP contribution in [0.5, 0.6) is 0 Å². The first kappa shape index (κ1) is 19.5. The van der Waals surface area contributed by atoms with Crippen molar-refractivity contribution in [2.24, 2.45) is 0 Å². The fraction of sp³-hybridized carbons (Fsp3) is 0.200. The first-order valence-corrected chi connectivity index (χ1v) is 8.18. The van der Waals surface area contributed by atoms with E-state index in [1.807, 2.05) is 0 Å². The zero-order valence-electron chi connectivity index (χ0n) is 15.2. The summed E-state index contributed by atoms with van der Waals surface area (Å²) < 4.78 is 49.4. The van der Waals surface area contributed by atoms with E-state index in [1.54, 1.807) is 36.4 Å².